The summed E-state index contributed by atoms with van der Waals surface area (Å²) in [6, 6.07) is 3.83. The molecule has 0 spiro atoms. The van der Waals surface area contributed by atoms with E-state index < -0.39 is 4.92 Å². The van der Waals surface area contributed by atoms with E-state index in [0.29, 0.717) is 12.5 Å². The molecule has 7 heteroatoms. The molecule has 1 N–H and O–H groups in total. The predicted octanol–water partition coefficient (Wildman–Crippen LogP) is 2.79. The first-order valence-electron chi connectivity index (χ1n) is 6.86. The number of hydrogen-bond donors (Lipinski definition) is 1. The van der Waals surface area contributed by atoms with Gasteiger partial charge in [-0.05, 0) is 18.9 Å². The van der Waals surface area contributed by atoms with Crippen molar-refractivity contribution >= 4 is 23.2 Å². The third-order valence-corrected chi connectivity index (χ3v) is 3.99. The average Bonchev–Trinajstić information content (AvgIpc) is 2.91. The standard InChI is InChI=1S/C14H17ClN2O4/c1-2-13-9(5-6-21-13)8-16-14(18)11-4-3-10(17(19)20)7-12(11)15/h3-4,7,9,13H,2,5-6,8H2,1H3,(H,16,18). The molecule has 1 aliphatic heterocycles. The lowest BCUT2D eigenvalue weighted by Crippen LogP contribution is -2.32. The Labute approximate surface area is 127 Å². The fraction of sp³-hybridized carbons (Fsp3) is 0.500. The fourth-order valence-corrected chi connectivity index (χ4v) is 2.76. The van der Waals surface area contributed by atoms with Gasteiger partial charge in [0.05, 0.1) is 21.6 Å². The molecule has 1 heterocycles. The van der Waals surface area contributed by atoms with Crippen LogP contribution in [0.5, 0.6) is 0 Å². The van der Waals surface area contributed by atoms with E-state index >= 15 is 0 Å². The van der Waals surface area contributed by atoms with Crippen molar-refractivity contribution in [2.75, 3.05) is 13.2 Å². The third kappa shape index (κ3) is 3.71. The summed E-state index contributed by atoms with van der Waals surface area (Å²) in [5.41, 5.74) is 0.112. The lowest BCUT2D eigenvalue weighted by atomic mass is 9.99. The highest BCUT2D eigenvalue weighted by Crippen LogP contribution is 2.24. The minimum atomic E-state index is -0.546. The Kier molecular flexibility index (Phi) is 5.14. The Bertz CT molecular complexity index is 550. The molecule has 0 radical (unpaired) electrons. The number of nitrogens with one attached hydrogen (secondary N) is 1. The minimum absolute atomic E-state index is 0.0800. The first-order valence-corrected chi connectivity index (χ1v) is 7.24. The highest BCUT2D eigenvalue weighted by molar-refractivity contribution is 6.34. The van der Waals surface area contributed by atoms with Gasteiger partial charge >= 0.3 is 0 Å². The molecule has 21 heavy (non-hydrogen) atoms. The molecule has 1 saturated heterocycles. The van der Waals surface area contributed by atoms with Gasteiger partial charge in [0.1, 0.15) is 0 Å². The van der Waals surface area contributed by atoms with E-state index in [0.717, 1.165) is 19.4 Å². The number of non-ortho nitro benzene ring substituents is 1. The van der Waals surface area contributed by atoms with Crippen LogP contribution in [0.1, 0.15) is 30.1 Å². The molecule has 1 amide bonds. The number of nitrogens with zero attached hydrogens (tertiary/aromatic N) is 1. The maximum absolute atomic E-state index is 12.1. The van der Waals surface area contributed by atoms with Crippen molar-refractivity contribution in [3.63, 3.8) is 0 Å². The van der Waals surface area contributed by atoms with Crippen molar-refractivity contribution in [2.45, 2.75) is 25.9 Å². The lowest BCUT2D eigenvalue weighted by molar-refractivity contribution is -0.384. The molecule has 1 aromatic carbocycles. The van der Waals surface area contributed by atoms with Crippen molar-refractivity contribution in [3.8, 4) is 0 Å². The lowest BCUT2D eigenvalue weighted by Gasteiger charge is -2.17. The quantitative estimate of drug-likeness (QED) is 0.669. The molecule has 1 fully saturated rings. The summed E-state index contributed by atoms with van der Waals surface area (Å²) in [4.78, 5) is 22.2. The Hall–Kier alpha value is -1.66. The molecule has 1 aliphatic rings. The molecule has 6 nitrogen and oxygen atoms in total. The van der Waals surface area contributed by atoms with E-state index in [9.17, 15) is 14.9 Å². The van der Waals surface area contributed by atoms with Gasteiger partial charge in [-0.3, -0.25) is 14.9 Å². The second-order valence-corrected chi connectivity index (χ2v) is 5.40. The zero-order valence-electron chi connectivity index (χ0n) is 11.7. The van der Waals surface area contributed by atoms with Gasteiger partial charge in [0.15, 0.2) is 0 Å². The predicted molar refractivity (Wildman–Crippen MR) is 78.6 cm³/mol. The number of benzene rings is 1. The Morgan fingerprint density at radius 2 is 2.33 bits per heavy atom. The normalized spacial score (nSPS) is 21.2. The van der Waals surface area contributed by atoms with Gasteiger partial charge in [0, 0.05) is 31.2 Å². The van der Waals surface area contributed by atoms with Crippen LogP contribution in [0.4, 0.5) is 5.69 Å². The zero-order valence-corrected chi connectivity index (χ0v) is 12.4. The number of carbonyl (C=O) groups excluding carboxylic acids is 1. The maximum Gasteiger partial charge on any atom is 0.270 e. The van der Waals surface area contributed by atoms with Gasteiger partial charge in [-0.25, -0.2) is 0 Å². The van der Waals surface area contributed by atoms with E-state index in [1.54, 1.807) is 0 Å². The Morgan fingerprint density at radius 3 is 2.95 bits per heavy atom. The maximum atomic E-state index is 12.1. The van der Waals surface area contributed by atoms with Crippen molar-refractivity contribution in [3.05, 3.63) is 38.9 Å². The van der Waals surface area contributed by atoms with Crippen LogP contribution in [-0.4, -0.2) is 30.1 Å². The molecular formula is C14H17ClN2O4. The van der Waals surface area contributed by atoms with Crippen molar-refractivity contribution in [1.82, 2.24) is 5.32 Å². The van der Waals surface area contributed by atoms with Crippen LogP contribution in [0.3, 0.4) is 0 Å². The van der Waals surface area contributed by atoms with Crippen molar-refractivity contribution in [1.29, 1.82) is 0 Å². The van der Waals surface area contributed by atoms with Gasteiger partial charge in [0.2, 0.25) is 0 Å². The molecule has 2 rings (SSSR count). The van der Waals surface area contributed by atoms with Crippen molar-refractivity contribution in [2.24, 2.45) is 5.92 Å². The van der Waals surface area contributed by atoms with Crippen LogP contribution in [0.25, 0.3) is 0 Å². The summed E-state index contributed by atoms with van der Waals surface area (Å²) in [5.74, 6) is -0.0209. The van der Waals surface area contributed by atoms with Gasteiger partial charge in [-0.15, -0.1) is 0 Å². The molecule has 1 aromatic rings. The van der Waals surface area contributed by atoms with E-state index in [2.05, 4.69) is 12.2 Å². The first-order chi connectivity index (χ1) is 10.0. The highest BCUT2D eigenvalue weighted by Gasteiger charge is 2.27. The number of ether oxygens (including phenoxy) is 1. The zero-order chi connectivity index (χ0) is 15.4. The molecular weight excluding hydrogens is 296 g/mol. The van der Waals surface area contributed by atoms with Crippen LogP contribution < -0.4 is 5.32 Å². The van der Waals surface area contributed by atoms with E-state index in [1.165, 1.54) is 18.2 Å². The molecule has 0 saturated carbocycles. The number of nitro groups is 1. The SMILES string of the molecule is CCC1OCCC1CNC(=O)c1ccc([N+](=O)[O-])cc1Cl. The molecule has 2 atom stereocenters. The Morgan fingerprint density at radius 1 is 1.57 bits per heavy atom. The molecule has 2 unspecified atom stereocenters. The number of hydrogen-bond acceptors (Lipinski definition) is 4. The van der Waals surface area contributed by atoms with Gasteiger partial charge in [-0.1, -0.05) is 18.5 Å². The minimum Gasteiger partial charge on any atom is -0.378 e. The van der Waals surface area contributed by atoms with Crippen LogP contribution in [0, 0.1) is 16.0 Å². The van der Waals surface area contributed by atoms with Gasteiger partial charge < -0.3 is 10.1 Å². The van der Waals surface area contributed by atoms with Crippen LogP contribution in [0.2, 0.25) is 5.02 Å². The summed E-state index contributed by atoms with van der Waals surface area (Å²) in [5, 5.41) is 13.5. The van der Waals surface area contributed by atoms with Crippen LogP contribution in [0.15, 0.2) is 18.2 Å². The van der Waals surface area contributed by atoms with Gasteiger partial charge in [0.25, 0.3) is 11.6 Å². The molecule has 0 aromatic heterocycles. The second-order valence-electron chi connectivity index (χ2n) is 5.00. The molecule has 0 aliphatic carbocycles. The number of carbonyl (C=O) groups is 1. The van der Waals surface area contributed by atoms with Gasteiger partial charge in [-0.2, -0.15) is 0 Å². The summed E-state index contributed by atoms with van der Waals surface area (Å²) in [6.45, 7) is 3.29. The first kappa shape index (κ1) is 15.7. The van der Waals surface area contributed by atoms with Crippen LogP contribution >= 0.6 is 11.6 Å². The summed E-state index contributed by atoms with van der Waals surface area (Å²) >= 11 is 5.93. The smallest absolute Gasteiger partial charge is 0.270 e. The highest BCUT2D eigenvalue weighted by atomic mass is 35.5. The number of amides is 1. The number of nitro benzene ring substituents is 1. The fourth-order valence-electron chi connectivity index (χ4n) is 2.50. The number of rotatable bonds is 5. The van der Waals surface area contributed by atoms with E-state index in [-0.39, 0.29) is 28.3 Å². The van der Waals surface area contributed by atoms with Crippen LogP contribution in [-0.2, 0) is 4.74 Å². The molecule has 0 bridgehead atoms. The summed E-state index contributed by atoms with van der Waals surface area (Å²) in [6.07, 6.45) is 2.02. The van der Waals surface area contributed by atoms with E-state index in [1.807, 2.05) is 0 Å². The van der Waals surface area contributed by atoms with E-state index in [4.69, 9.17) is 16.3 Å². The molecule has 114 valence electrons. The summed E-state index contributed by atoms with van der Waals surface area (Å²) in [7, 11) is 0. The summed E-state index contributed by atoms with van der Waals surface area (Å²) < 4.78 is 5.57. The second kappa shape index (κ2) is 6.87. The number of halogens is 1. The third-order valence-electron chi connectivity index (χ3n) is 3.68. The largest absolute Gasteiger partial charge is 0.378 e. The Balaban J connectivity index is 1.99. The van der Waals surface area contributed by atoms with Crippen molar-refractivity contribution < 1.29 is 14.5 Å². The average molecular weight is 313 g/mol. The topological polar surface area (TPSA) is 81.5 Å². The monoisotopic (exact) mass is 312 g/mol.